The third-order valence-electron chi connectivity index (χ3n) is 4.05. The molecule has 1 aliphatic rings. The number of aryl methyl sites for hydroxylation is 1. The van der Waals surface area contributed by atoms with Crippen LogP contribution in [0.5, 0.6) is 0 Å². The van der Waals surface area contributed by atoms with Crippen LogP contribution in [0.1, 0.15) is 35.6 Å². The number of rotatable bonds is 5. The van der Waals surface area contributed by atoms with E-state index in [-0.39, 0.29) is 11.9 Å². The summed E-state index contributed by atoms with van der Waals surface area (Å²) in [6, 6.07) is 18.6. The Labute approximate surface area is 126 Å². The first-order valence-corrected chi connectivity index (χ1v) is 7.62. The second-order valence-corrected chi connectivity index (χ2v) is 5.96. The van der Waals surface area contributed by atoms with Crippen molar-refractivity contribution in [2.45, 2.75) is 32.2 Å². The van der Waals surface area contributed by atoms with Gasteiger partial charge in [-0.25, -0.2) is 0 Å². The summed E-state index contributed by atoms with van der Waals surface area (Å²) in [5.41, 5.74) is 3.51. The molecule has 1 unspecified atom stereocenters. The molecule has 2 heteroatoms. The molecule has 1 saturated carbocycles. The van der Waals surface area contributed by atoms with Crippen LogP contribution < -0.4 is 5.32 Å². The first-order valence-electron chi connectivity index (χ1n) is 7.62. The van der Waals surface area contributed by atoms with E-state index in [0.717, 1.165) is 5.56 Å². The highest BCUT2D eigenvalue weighted by Crippen LogP contribution is 2.40. The van der Waals surface area contributed by atoms with Crippen LogP contribution in [0.15, 0.2) is 54.6 Å². The van der Waals surface area contributed by atoms with Crippen LogP contribution in [-0.4, -0.2) is 5.91 Å². The number of carbonyl (C=O) groups is 1. The molecular formula is C19H21NO. The SMILES string of the molecule is Cc1ccc(CC(=O)NC(c2ccccc2)C2CC2)cc1. The monoisotopic (exact) mass is 279 g/mol. The van der Waals surface area contributed by atoms with E-state index in [4.69, 9.17) is 0 Å². The van der Waals surface area contributed by atoms with Crippen molar-refractivity contribution in [1.82, 2.24) is 5.32 Å². The van der Waals surface area contributed by atoms with Crippen molar-refractivity contribution in [3.05, 3.63) is 71.3 Å². The molecule has 0 radical (unpaired) electrons. The van der Waals surface area contributed by atoms with E-state index in [2.05, 4.69) is 36.5 Å². The second kappa shape index (κ2) is 6.13. The van der Waals surface area contributed by atoms with Crippen LogP contribution in [0.25, 0.3) is 0 Å². The molecule has 0 heterocycles. The lowest BCUT2D eigenvalue weighted by molar-refractivity contribution is -0.121. The molecule has 1 atom stereocenters. The Morgan fingerprint density at radius 3 is 2.38 bits per heavy atom. The Bertz CT molecular complexity index is 599. The summed E-state index contributed by atoms with van der Waals surface area (Å²) in [5, 5.41) is 3.22. The lowest BCUT2D eigenvalue weighted by Gasteiger charge is -2.19. The highest BCUT2D eigenvalue weighted by Gasteiger charge is 2.33. The standard InChI is InChI=1S/C19H21NO/c1-14-7-9-15(10-8-14)13-18(21)20-19(17-11-12-17)16-5-3-2-4-6-16/h2-10,17,19H,11-13H2,1H3,(H,20,21). The normalized spacial score (nSPS) is 15.5. The molecule has 0 aliphatic heterocycles. The Hall–Kier alpha value is -2.09. The summed E-state index contributed by atoms with van der Waals surface area (Å²) in [5.74, 6) is 0.717. The molecule has 21 heavy (non-hydrogen) atoms. The molecule has 0 bridgehead atoms. The highest BCUT2D eigenvalue weighted by molar-refractivity contribution is 5.79. The number of nitrogens with one attached hydrogen (secondary N) is 1. The van der Waals surface area contributed by atoms with Gasteiger partial charge in [-0.15, -0.1) is 0 Å². The first-order chi connectivity index (χ1) is 10.2. The zero-order valence-electron chi connectivity index (χ0n) is 12.4. The smallest absolute Gasteiger partial charge is 0.224 e. The third kappa shape index (κ3) is 3.72. The molecule has 2 nitrogen and oxygen atoms in total. The number of carbonyl (C=O) groups excluding carboxylic acids is 1. The van der Waals surface area contributed by atoms with Gasteiger partial charge in [0.15, 0.2) is 0 Å². The topological polar surface area (TPSA) is 29.1 Å². The minimum Gasteiger partial charge on any atom is -0.349 e. The fourth-order valence-electron chi connectivity index (χ4n) is 2.68. The minimum absolute atomic E-state index is 0.111. The average molecular weight is 279 g/mol. The summed E-state index contributed by atoms with van der Waals surface area (Å²) >= 11 is 0. The van der Waals surface area contributed by atoms with E-state index in [0.29, 0.717) is 12.3 Å². The van der Waals surface area contributed by atoms with Gasteiger partial charge in [-0.05, 0) is 36.8 Å². The zero-order chi connectivity index (χ0) is 14.7. The van der Waals surface area contributed by atoms with Crippen molar-refractivity contribution in [3.63, 3.8) is 0 Å². The van der Waals surface area contributed by atoms with Crippen LogP contribution in [0.3, 0.4) is 0 Å². The summed E-state index contributed by atoms with van der Waals surface area (Å²) in [4.78, 5) is 12.3. The summed E-state index contributed by atoms with van der Waals surface area (Å²) in [6.45, 7) is 2.06. The molecule has 108 valence electrons. The van der Waals surface area contributed by atoms with E-state index in [9.17, 15) is 4.79 Å². The third-order valence-corrected chi connectivity index (χ3v) is 4.05. The molecular weight excluding hydrogens is 258 g/mol. The van der Waals surface area contributed by atoms with Crippen LogP contribution in [0.4, 0.5) is 0 Å². The predicted molar refractivity (Wildman–Crippen MR) is 84.9 cm³/mol. The molecule has 0 aromatic heterocycles. The lowest BCUT2D eigenvalue weighted by Crippen LogP contribution is -2.31. The Morgan fingerprint density at radius 1 is 1.10 bits per heavy atom. The second-order valence-electron chi connectivity index (χ2n) is 5.96. The van der Waals surface area contributed by atoms with Crippen molar-refractivity contribution >= 4 is 5.91 Å². The summed E-state index contributed by atoms with van der Waals surface area (Å²) in [7, 11) is 0. The number of hydrogen-bond acceptors (Lipinski definition) is 1. The van der Waals surface area contributed by atoms with E-state index < -0.39 is 0 Å². The van der Waals surface area contributed by atoms with Gasteiger partial charge >= 0.3 is 0 Å². The molecule has 1 amide bonds. The van der Waals surface area contributed by atoms with Gasteiger partial charge in [0.25, 0.3) is 0 Å². The Balaban J connectivity index is 1.66. The van der Waals surface area contributed by atoms with E-state index in [1.165, 1.54) is 24.0 Å². The Kier molecular flexibility index (Phi) is 4.05. The van der Waals surface area contributed by atoms with Crippen molar-refractivity contribution in [2.24, 2.45) is 5.92 Å². The fraction of sp³-hybridized carbons (Fsp3) is 0.316. The van der Waals surface area contributed by atoms with E-state index >= 15 is 0 Å². The van der Waals surface area contributed by atoms with Gasteiger partial charge in [-0.2, -0.15) is 0 Å². The molecule has 1 fully saturated rings. The average Bonchev–Trinajstić information content (AvgIpc) is 3.33. The van der Waals surface area contributed by atoms with Gasteiger partial charge in [0, 0.05) is 0 Å². The quantitative estimate of drug-likeness (QED) is 0.886. The molecule has 3 rings (SSSR count). The number of amides is 1. The lowest BCUT2D eigenvalue weighted by atomic mass is 10.0. The molecule has 1 aliphatic carbocycles. The number of benzene rings is 2. The maximum absolute atomic E-state index is 12.3. The van der Waals surface area contributed by atoms with Crippen molar-refractivity contribution < 1.29 is 4.79 Å². The zero-order valence-corrected chi connectivity index (χ0v) is 12.4. The molecule has 2 aromatic carbocycles. The largest absolute Gasteiger partial charge is 0.349 e. The van der Waals surface area contributed by atoms with Gasteiger partial charge in [0.1, 0.15) is 0 Å². The van der Waals surface area contributed by atoms with E-state index in [1.54, 1.807) is 0 Å². The summed E-state index contributed by atoms with van der Waals surface area (Å²) in [6.07, 6.45) is 2.88. The van der Waals surface area contributed by atoms with Crippen molar-refractivity contribution in [1.29, 1.82) is 0 Å². The van der Waals surface area contributed by atoms with Crippen molar-refractivity contribution in [3.8, 4) is 0 Å². The van der Waals surface area contributed by atoms with E-state index in [1.807, 2.05) is 30.3 Å². The molecule has 0 spiro atoms. The molecule has 1 N–H and O–H groups in total. The van der Waals surface area contributed by atoms with Crippen LogP contribution in [0.2, 0.25) is 0 Å². The van der Waals surface area contributed by atoms with Gasteiger partial charge in [0.2, 0.25) is 5.91 Å². The summed E-state index contributed by atoms with van der Waals surface area (Å²) < 4.78 is 0. The van der Waals surface area contributed by atoms with Crippen LogP contribution in [-0.2, 0) is 11.2 Å². The van der Waals surface area contributed by atoms with Gasteiger partial charge in [-0.3, -0.25) is 4.79 Å². The Morgan fingerprint density at radius 2 is 1.76 bits per heavy atom. The fourth-order valence-corrected chi connectivity index (χ4v) is 2.68. The van der Waals surface area contributed by atoms with Crippen molar-refractivity contribution in [2.75, 3.05) is 0 Å². The predicted octanol–water partition coefficient (Wildman–Crippen LogP) is 3.81. The molecule has 2 aromatic rings. The first kappa shape index (κ1) is 13.9. The maximum atomic E-state index is 12.3. The van der Waals surface area contributed by atoms with Gasteiger partial charge < -0.3 is 5.32 Å². The van der Waals surface area contributed by atoms with Gasteiger partial charge in [-0.1, -0.05) is 60.2 Å². The van der Waals surface area contributed by atoms with Crippen LogP contribution in [0, 0.1) is 12.8 Å². The maximum Gasteiger partial charge on any atom is 0.224 e. The van der Waals surface area contributed by atoms with Crippen LogP contribution >= 0.6 is 0 Å². The minimum atomic E-state index is 0.111. The van der Waals surface area contributed by atoms with Gasteiger partial charge in [0.05, 0.1) is 12.5 Å². The molecule has 0 saturated heterocycles. The number of hydrogen-bond donors (Lipinski definition) is 1. The highest BCUT2D eigenvalue weighted by atomic mass is 16.1.